The van der Waals surface area contributed by atoms with Crippen LogP contribution in [0.25, 0.3) is 23.3 Å². The van der Waals surface area contributed by atoms with E-state index in [9.17, 15) is 8.42 Å². The first-order valence-electron chi connectivity index (χ1n) is 9.85. The van der Waals surface area contributed by atoms with Gasteiger partial charge in [0.05, 0.1) is 6.26 Å². The maximum atomic E-state index is 12.7. The molecule has 1 aromatic carbocycles. The average molecular weight is 436 g/mol. The zero-order valence-corrected chi connectivity index (χ0v) is 17.4. The second kappa shape index (κ2) is 7.97. The van der Waals surface area contributed by atoms with E-state index in [2.05, 4.69) is 20.2 Å². The zero-order valence-electron chi connectivity index (χ0n) is 16.6. The van der Waals surface area contributed by atoms with Gasteiger partial charge in [0.15, 0.2) is 11.4 Å². The van der Waals surface area contributed by atoms with E-state index >= 15 is 0 Å². The van der Waals surface area contributed by atoms with Crippen LogP contribution in [0.3, 0.4) is 0 Å². The highest BCUT2D eigenvalue weighted by molar-refractivity contribution is 7.92. The van der Waals surface area contributed by atoms with Crippen molar-refractivity contribution in [3.05, 3.63) is 71.8 Å². The van der Waals surface area contributed by atoms with E-state index in [4.69, 9.17) is 4.42 Å². The fourth-order valence-electron chi connectivity index (χ4n) is 3.49. The van der Waals surface area contributed by atoms with Crippen LogP contribution in [-0.4, -0.2) is 58.7 Å². The number of furan rings is 1. The molecule has 0 unspecified atom stereocenters. The van der Waals surface area contributed by atoms with Crippen molar-refractivity contribution < 1.29 is 12.8 Å². The Labute approximate surface area is 179 Å². The van der Waals surface area contributed by atoms with E-state index < -0.39 is 10.0 Å². The fourth-order valence-corrected chi connectivity index (χ4v) is 4.67. The van der Waals surface area contributed by atoms with Crippen LogP contribution in [0.1, 0.15) is 5.56 Å². The molecule has 1 saturated heterocycles. The van der Waals surface area contributed by atoms with E-state index in [-0.39, 0.29) is 0 Å². The van der Waals surface area contributed by atoms with Crippen molar-refractivity contribution in [2.45, 2.75) is 0 Å². The summed E-state index contributed by atoms with van der Waals surface area (Å²) in [4.78, 5) is 2.05. The summed E-state index contributed by atoms with van der Waals surface area (Å²) in [5.74, 6) is 1.84. The van der Waals surface area contributed by atoms with Crippen LogP contribution in [0.2, 0.25) is 0 Å². The highest BCUT2D eigenvalue weighted by Gasteiger charge is 2.26. The maximum absolute atomic E-state index is 12.7. The summed E-state index contributed by atoms with van der Waals surface area (Å²) in [6.45, 7) is 1.84. The summed E-state index contributed by atoms with van der Waals surface area (Å²) in [7, 11) is -3.48. The van der Waals surface area contributed by atoms with Crippen LogP contribution < -0.4 is 4.90 Å². The van der Waals surface area contributed by atoms with Crippen molar-refractivity contribution in [3.63, 3.8) is 0 Å². The normalized spacial score (nSPS) is 15.8. The number of benzene rings is 1. The number of hydrogen-bond donors (Lipinski definition) is 0. The van der Waals surface area contributed by atoms with Crippen LogP contribution in [-0.2, 0) is 10.0 Å². The first kappa shape index (κ1) is 19.5. The third kappa shape index (κ3) is 3.94. The lowest BCUT2D eigenvalue weighted by molar-refractivity contribution is 0.388. The lowest BCUT2D eigenvalue weighted by Crippen LogP contribution is -2.48. The van der Waals surface area contributed by atoms with E-state index in [1.165, 1.54) is 9.71 Å². The van der Waals surface area contributed by atoms with Gasteiger partial charge in [-0.2, -0.15) is 8.82 Å². The summed E-state index contributed by atoms with van der Waals surface area (Å²) in [6, 6.07) is 16.7. The number of piperazine rings is 1. The average Bonchev–Trinajstić information content (AvgIpc) is 3.48. The zero-order chi connectivity index (χ0) is 21.3. The molecule has 1 aliphatic rings. The van der Waals surface area contributed by atoms with Gasteiger partial charge in [-0.3, -0.25) is 0 Å². The summed E-state index contributed by atoms with van der Waals surface area (Å²) in [6.07, 6.45) is 3.20. The number of fused-ring (bicyclic) bond motifs is 1. The van der Waals surface area contributed by atoms with Crippen LogP contribution in [0, 0.1) is 0 Å². The number of nitrogens with zero attached hydrogens (tertiary/aromatic N) is 6. The number of rotatable bonds is 5. The molecular formula is C21H20N6O3S. The van der Waals surface area contributed by atoms with Gasteiger partial charge in [-0.25, -0.2) is 8.42 Å². The molecule has 4 aromatic rings. The quantitative estimate of drug-likeness (QED) is 0.474. The van der Waals surface area contributed by atoms with Gasteiger partial charge in [0.25, 0.3) is 0 Å². The largest absolute Gasteiger partial charge is 0.461 e. The Hall–Kier alpha value is -3.50. The Bertz CT molecular complexity index is 1310. The minimum absolute atomic E-state index is 0.383. The van der Waals surface area contributed by atoms with Crippen molar-refractivity contribution >= 4 is 27.6 Å². The Morgan fingerprint density at radius 3 is 2.45 bits per heavy atom. The molecule has 1 fully saturated rings. The minimum Gasteiger partial charge on any atom is -0.461 e. The lowest BCUT2D eigenvalue weighted by atomic mass is 10.2. The number of sulfonamides is 1. The summed E-state index contributed by atoms with van der Waals surface area (Å²) in [5, 5.41) is 14.2. The molecule has 1 aliphatic heterocycles. The molecule has 0 N–H and O–H groups in total. The Morgan fingerprint density at radius 1 is 0.903 bits per heavy atom. The molecule has 0 aliphatic carbocycles. The van der Waals surface area contributed by atoms with E-state index in [1.807, 2.05) is 42.5 Å². The smallest absolute Gasteiger partial charge is 0.236 e. The van der Waals surface area contributed by atoms with Gasteiger partial charge < -0.3 is 9.32 Å². The van der Waals surface area contributed by atoms with Gasteiger partial charge in [0.2, 0.25) is 15.8 Å². The van der Waals surface area contributed by atoms with Gasteiger partial charge in [0.1, 0.15) is 5.82 Å². The highest BCUT2D eigenvalue weighted by Crippen LogP contribution is 2.21. The predicted molar refractivity (Wildman–Crippen MR) is 117 cm³/mol. The molecule has 9 nitrogen and oxygen atoms in total. The summed E-state index contributed by atoms with van der Waals surface area (Å²) in [5.41, 5.74) is 1.46. The predicted octanol–water partition coefficient (Wildman–Crippen LogP) is 2.51. The molecule has 0 amide bonds. The molecule has 0 saturated carbocycles. The monoisotopic (exact) mass is 436 g/mol. The Balaban J connectivity index is 1.31. The number of aromatic nitrogens is 4. The third-order valence-corrected chi connectivity index (χ3v) is 6.71. The van der Waals surface area contributed by atoms with Crippen LogP contribution in [0.15, 0.2) is 70.7 Å². The van der Waals surface area contributed by atoms with E-state index in [0.29, 0.717) is 43.4 Å². The van der Waals surface area contributed by atoms with Gasteiger partial charge in [-0.15, -0.1) is 15.3 Å². The summed E-state index contributed by atoms with van der Waals surface area (Å²) < 4.78 is 33.9. The topological polar surface area (TPSA) is 96.8 Å². The molecular weight excluding hydrogens is 416 g/mol. The minimum atomic E-state index is -3.48. The first-order chi connectivity index (χ1) is 15.1. The Morgan fingerprint density at radius 2 is 1.71 bits per heavy atom. The lowest BCUT2D eigenvalue weighted by Gasteiger charge is -2.33. The van der Waals surface area contributed by atoms with Crippen molar-refractivity contribution in [2.75, 3.05) is 31.1 Å². The van der Waals surface area contributed by atoms with Gasteiger partial charge in [0, 0.05) is 31.6 Å². The van der Waals surface area contributed by atoms with Crippen molar-refractivity contribution in [3.8, 4) is 11.6 Å². The van der Waals surface area contributed by atoms with Gasteiger partial charge in [-0.05, 0) is 35.9 Å². The molecule has 31 heavy (non-hydrogen) atoms. The van der Waals surface area contributed by atoms with Crippen molar-refractivity contribution in [1.82, 2.24) is 24.1 Å². The molecule has 4 heterocycles. The maximum Gasteiger partial charge on any atom is 0.236 e. The highest BCUT2D eigenvalue weighted by atomic mass is 32.2. The third-order valence-electron chi connectivity index (χ3n) is 5.14. The van der Waals surface area contributed by atoms with Crippen LogP contribution >= 0.6 is 0 Å². The summed E-state index contributed by atoms with van der Waals surface area (Å²) >= 11 is 0. The Kier molecular flexibility index (Phi) is 5.00. The molecule has 0 atom stereocenters. The SMILES string of the molecule is O=S(=O)(/C=C/c1ccccc1)N1CCN(c2ccc3nnc(-c4ccco4)n3n2)CC1. The molecule has 158 valence electrons. The van der Waals surface area contributed by atoms with Gasteiger partial charge in [-0.1, -0.05) is 30.3 Å². The number of hydrogen-bond acceptors (Lipinski definition) is 7. The standard InChI is InChI=1S/C21H20N6O3S/c28-31(29,16-10-17-5-2-1-3-6-17)26-13-11-25(12-14-26)20-9-8-19-22-23-21(27(19)24-20)18-7-4-15-30-18/h1-10,15-16H,11-14H2/b16-10+. The molecule has 0 spiro atoms. The molecule has 3 aromatic heterocycles. The molecule has 10 heteroatoms. The number of anilines is 1. The van der Waals surface area contributed by atoms with Gasteiger partial charge >= 0.3 is 0 Å². The van der Waals surface area contributed by atoms with E-state index in [1.54, 1.807) is 29.0 Å². The van der Waals surface area contributed by atoms with E-state index in [0.717, 1.165) is 11.4 Å². The second-order valence-electron chi connectivity index (χ2n) is 7.11. The fraction of sp³-hybridized carbons (Fsp3) is 0.190. The van der Waals surface area contributed by atoms with Crippen LogP contribution in [0.4, 0.5) is 5.82 Å². The molecule has 0 bridgehead atoms. The van der Waals surface area contributed by atoms with Crippen molar-refractivity contribution in [1.29, 1.82) is 0 Å². The van der Waals surface area contributed by atoms with Crippen molar-refractivity contribution in [2.24, 2.45) is 0 Å². The molecule has 0 radical (unpaired) electrons. The second-order valence-corrected chi connectivity index (χ2v) is 8.93. The van der Waals surface area contributed by atoms with Crippen LogP contribution in [0.5, 0.6) is 0 Å². The molecule has 5 rings (SSSR count). The first-order valence-corrected chi connectivity index (χ1v) is 11.3.